The fourth-order valence-corrected chi connectivity index (χ4v) is 2.30. The molecule has 0 aromatic heterocycles. The Morgan fingerprint density at radius 3 is 2.93 bits per heavy atom. The molecular weight excluding hydrogens is 188 g/mol. The van der Waals surface area contributed by atoms with E-state index in [0.29, 0.717) is 17.6 Å². The molecule has 0 aromatic rings. The highest BCUT2D eigenvalue weighted by Crippen LogP contribution is 2.48. The average Bonchev–Trinajstić information content (AvgIpc) is 2.97. The van der Waals surface area contributed by atoms with Gasteiger partial charge in [0.25, 0.3) is 0 Å². The maximum Gasteiger partial charge on any atom is 0.0628 e. The standard InChI is InChI=1S/C12H20N2O/c1-10-8-11(2-7-15-10)14-9-12(3-4-12)5-6-13/h10-11,14H,2-5,7-9H2,1H3. The largest absolute Gasteiger partial charge is 0.378 e. The van der Waals surface area contributed by atoms with Crippen LogP contribution in [0, 0.1) is 16.7 Å². The van der Waals surface area contributed by atoms with Gasteiger partial charge < -0.3 is 10.1 Å². The first-order chi connectivity index (χ1) is 7.24. The van der Waals surface area contributed by atoms with Gasteiger partial charge in [0.2, 0.25) is 0 Å². The summed E-state index contributed by atoms with van der Waals surface area (Å²) in [4.78, 5) is 0. The molecule has 1 aliphatic carbocycles. The molecule has 0 amide bonds. The van der Waals surface area contributed by atoms with Crippen molar-refractivity contribution in [2.75, 3.05) is 13.2 Å². The van der Waals surface area contributed by atoms with Crippen molar-refractivity contribution >= 4 is 0 Å². The minimum Gasteiger partial charge on any atom is -0.378 e. The predicted octanol–water partition coefficient (Wildman–Crippen LogP) is 1.84. The second kappa shape index (κ2) is 4.51. The van der Waals surface area contributed by atoms with E-state index in [2.05, 4.69) is 18.3 Å². The van der Waals surface area contributed by atoms with Crippen LogP contribution < -0.4 is 5.32 Å². The van der Waals surface area contributed by atoms with Gasteiger partial charge in [-0.05, 0) is 38.0 Å². The molecule has 2 unspecified atom stereocenters. The molecule has 84 valence electrons. The Bertz CT molecular complexity index is 255. The Kier molecular flexibility index (Phi) is 3.28. The van der Waals surface area contributed by atoms with E-state index >= 15 is 0 Å². The van der Waals surface area contributed by atoms with Gasteiger partial charge in [-0.25, -0.2) is 0 Å². The minimum atomic E-state index is 0.330. The maximum absolute atomic E-state index is 8.72. The first-order valence-corrected chi connectivity index (χ1v) is 5.96. The Hall–Kier alpha value is -0.590. The van der Waals surface area contributed by atoms with Gasteiger partial charge in [-0.3, -0.25) is 0 Å². The van der Waals surface area contributed by atoms with Crippen LogP contribution in [-0.2, 0) is 4.74 Å². The predicted molar refractivity (Wildman–Crippen MR) is 58.3 cm³/mol. The SMILES string of the molecule is CC1CC(NCC2(CC#N)CC2)CCO1. The fraction of sp³-hybridized carbons (Fsp3) is 0.917. The lowest BCUT2D eigenvalue weighted by molar-refractivity contribution is 0.0125. The van der Waals surface area contributed by atoms with Crippen molar-refractivity contribution in [3.8, 4) is 6.07 Å². The van der Waals surface area contributed by atoms with Gasteiger partial charge in [0, 0.05) is 25.6 Å². The van der Waals surface area contributed by atoms with Crippen molar-refractivity contribution in [1.82, 2.24) is 5.32 Å². The molecular formula is C12H20N2O. The summed E-state index contributed by atoms with van der Waals surface area (Å²) < 4.78 is 5.51. The van der Waals surface area contributed by atoms with Gasteiger partial charge in [0.1, 0.15) is 0 Å². The number of hydrogen-bond donors (Lipinski definition) is 1. The topological polar surface area (TPSA) is 45.0 Å². The smallest absolute Gasteiger partial charge is 0.0628 e. The molecule has 0 aromatic carbocycles. The lowest BCUT2D eigenvalue weighted by atomic mass is 10.00. The third-order valence-electron chi connectivity index (χ3n) is 3.66. The first-order valence-electron chi connectivity index (χ1n) is 5.96. The third-order valence-corrected chi connectivity index (χ3v) is 3.66. The fourth-order valence-electron chi connectivity index (χ4n) is 2.30. The van der Waals surface area contributed by atoms with E-state index in [9.17, 15) is 0 Å². The summed E-state index contributed by atoms with van der Waals surface area (Å²) in [6.45, 7) is 4.04. The number of nitriles is 1. The lowest BCUT2D eigenvalue weighted by Gasteiger charge is -2.29. The molecule has 2 rings (SSSR count). The zero-order valence-electron chi connectivity index (χ0n) is 9.46. The number of hydrogen-bond acceptors (Lipinski definition) is 3. The van der Waals surface area contributed by atoms with Gasteiger partial charge >= 0.3 is 0 Å². The average molecular weight is 208 g/mol. The van der Waals surface area contributed by atoms with Crippen LogP contribution in [0.15, 0.2) is 0 Å². The zero-order valence-corrected chi connectivity index (χ0v) is 9.46. The van der Waals surface area contributed by atoms with Crippen LogP contribution in [0.3, 0.4) is 0 Å². The molecule has 1 N–H and O–H groups in total. The van der Waals surface area contributed by atoms with Crippen molar-refractivity contribution < 1.29 is 4.74 Å². The Labute approximate surface area is 91.8 Å². The van der Waals surface area contributed by atoms with Crippen molar-refractivity contribution in [1.29, 1.82) is 5.26 Å². The number of rotatable bonds is 4. The second-order valence-electron chi connectivity index (χ2n) is 5.12. The molecule has 1 saturated carbocycles. The Morgan fingerprint density at radius 2 is 2.33 bits per heavy atom. The van der Waals surface area contributed by atoms with Crippen LogP contribution in [0.5, 0.6) is 0 Å². The molecule has 2 atom stereocenters. The molecule has 1 aliphatic heterocycles. The molecule has 15 heavy (non-hydrogen) atoms. The van der Waals surface area contributed by atoms with Crippen molar-refractivity contribution in [3.05, 3.63) is 0 Å². The van der Waals surface area contributed by atoms with Crippen LogP contribution in [0.2, 0.25) is 0 Å². The Morgan fingerprint density at radius 1 is 1.53 bits per heavy atom. The highest BCUT2D eigenvalue weighted by molar-refractivity contribution is 5.01. The van der Waals surface area contributed by atoms with Gasteiger partial charge in [-0.15, -0.1) is 0 Å². The van der Waals surface area contributed by atoms with Crippen LogP contribution in [0.1, 0.15) is 39.0 Å². The summed E-state index contributed by atoms with van der Waals surface area (Å²) in [5.41, 5.74) is 0.330. The molecule has 0 bridgehead atoms. The van der Waals surface area contributed by atoms with E-state index in [-0.39, 0.29) is 0 Å². The summed E-state index contributed by atoms with van der Waals surface area (Å²) in [6, 6.07) is 2.90. The molecule has 0 spiro atoms. The third kappa shape index (κ3) is 2.93. The minimum absolute atomic E-state index is 0.330. The molecule has 3 heteroatoms. The van der Waals surface area contributed by atoms with Gasteiger partial charge in [0.15, 0.2) is 0 Å². The summed E-state index contributed by atoms with van der Waals surface area (Å²) in [7, 11) is 0. The number of ether oxygens (including phenoxy) is 1. The summed E-state index contributed by atoms with van der Waals surface area (Å²) in [5, 5.41) is 12.3. The highest BCUT2D eigenvalue weighted by atomic mass is 16.5. The van der Waals surface area contributed by atoms with Crippen molar-refractivity contribution in [3.63, 3.8) is 0 Å². The number of nitrogens with zero attached hydrogens (tertiary/aromatic N) is 1. The lowest BCUT2D eigenvalue weighted by Crippen LogP contribution is -2.40. The molecule has 2 aliphatic rings. The number of nitrogens with one attached hydrogen (secondary N) is 1. The summed E-state index contributed by atoms with van der Waals surface area (Å²) in [6.07, 6.45) is 5.80. The van der Waals surface area contributed by atoms with E-state index in [0.717, 1.165) is 32.4 Å². The highest BCUT2D eigenvalue weighted by Gasteiger charge is 2.42. The summed E-state index contributed by atoms with van der Waals surface area (Å²) in [5.74, 6) is 0. The molecule has 0 radical (unpaired) electrons. The molecule has 2 fully saturated rings. The van der Waals surface area contributed by atoms with Gasteiger partial charge in [-0.2, -0.15) is 5.26 Å². The summed E-state index contributed by atoms with van der Waals surface area (Å²) >= 11 is 0. The van der Waals surface area contributed by atoms with Crippen LogP contribution in [0.4, 0.5) is 0 Å². The van der Waals surface area contributed by atoms with Crippen molar-refractivity contribution in [2.24, 2.45) is 5.41 Å². The van der Waals surface area contributed by atoms with Gasteiger partial charge in [0.05, 0.1) is 12.2 Å². The second-order valence-corrected chi connectivity index (χ2v) is 5.12. The van der Waals surface area contributed by atoms with Crippen molar-refractivity contribution in [2.45, 2.75) is 51.2 Å². The Balaban J connectivity index is 1.71. The van der Waals surface area contributed by atoms with E-state index in [1.807, 2.05) is 0 Å². The van der Waals surface area contributed by atoms with E-state index in [1.54, 1.807) is 0 Å². The zero-order chi connectivity index (χ0) is 10.7. The van der Waals surface area contributed by atoms with Crippen LogP contribution >= 0.6 is 0 Å². The quantitative estimate of drug-likeness (QED) is 0.766. The molecule has 3 nitrogen and oxygen atoms in total. The van der Waals surface area contributed by atoms with Crippen LogP contribution in [-0.4, -0.2) is 25.3 Å². The van der Waals surface area contributed by atoms with E-state index in [1.165, 1.54) is 12.8 Å². The van der Waals surface area contributed by atoms with Crippen LogP contribution in [0.25, 0.3) is 0 Å². The maximum atomic E-state index is 8.72. The monoisotopic (exact) mass is 208 g/mol. The van der Waals surface area contributed by atoms with Gasteiger partial charge in [-0.1, -0.05) is 0 Å². The van der Waals surface area contributed by atoms with E-state index < -0.39 is 0 Å². The first kappa shape index (κ1) is 10.9. The van der Waals surface area contributed by atoms with E-state index in [4.69, 9.17) is 10.00 Å². The molecule has 1 heterocycles. The normalized spacial score (nSPS) is 33.3. The molecule has 1 saturated heterocycles.